The number of nitrogens with one attached hydrogen (secondary N) is 1. The lowest BCUT2D eigenvalue weighted by Gasteiger charge is -2.26. The van der Waals surface area contributed by atoms with Crippen LogP contribution in [0.5, 0.6) is 0 Å². The Morgan fingerprint density at radius 2 is 2.30 bits per heavy atom. The lowest BCUT2D eigenvalue weighted by molar-refractivity contribution is -0.144. The van der Waals surface area contributed by atoms with E-state index in [0.717, 1.165) is 34.6 Å². The average Bonchev–Trinajstić information content (AvgIpc) is 2.43. The van der Waals surface area contributed by atoms with Crippen LogP contribution in [-0.2, 0) is 4.79 Å². The minimum Gasteiger partial charge on any atom is -0.480 e. The molecule has 0 saturated heterocycles. The fraction of sp³-hybridized carbons (Fsp3) is 0.571. The van der Waals surface area contributed by atoms with E-state index in [9.17, 15) is 9.90 Å². The van der Waals surface area contributed by atoms with Crippen LogP contribution in [0.25, 0.3) is 0 Å². The molecule has 4 nitrogen and oxygen atoms in total. The molecule has 0 aliphatic heterocycles. The van der Waals surface area contributed by atoms with Crippen LogP contribution < -0.4 is 5.32 Å². The van der Waals surface area contributed by atoms with Crippen molar-refractivity contribution in [3.05, 3.63) is 22.8 Å². The highest BCUT2D eigenvalue weighted by atomic mass is 79.9. The van der Waals surface area contributed by atoms with Crippen LogP contribution in [0.2, 0.25) is 0 Å². The van der Waals surface area contributed by atoms with E-state index < -0.39 is 11.5 Å². The average molecular weight is 361 g/mol. The van der Waals surface area contributed by atoms with E-state index in [1.165, 1.54) is 0 Å². The smallest absolute Gasteiger partial charge is 0.323 e. The van der Waals surface area contributed by atoms with Gasteiger partial charge in [-0.1, -0.05) is 6.92 Å². The van der Waals surface area contributed by atoms with E-state index in [1.807, 2.05) is 19.1 Å². The van der Waals surface area contributed by atoms with E-state index in [1.54, 1.807) is 24.9 Å². The SMILES string of the molecule is CCCNC(C)(CCCSc1ccc(Br)cn1)C(=O)O. The van der Waals surface area contributed by atoms with Gasteiger partial charge in [-0.2, -0.15) is 0 Å². The first-order chi connectivity index (χ1) is 9.48. The highest BCUT2D eigenvalue weighted by Gasteiger charge is 2.31. The van der Waals surface area contributed by atoms with Crippen molar-refractivity contribution in [1.29, 1.82) is 0 Å². The van der Waals surface area contributed by atoms with Crippen molar-refractivity contribution in [3.63, 3.8) is 0 Å². The molecule has 2 N–H and O–H groups in total. The maximum Gasteiger partial charge on any atom is 0.323 e. The van der Waals surface area contributed by atoms with Crippen LogP contribution in [0.15, 0.2) is 27.8 Å². The summed E-state index contributed by atoms with van der Waals surface area (Å²) in [5, 5.41) is 13.4. The second kappa shape index (κ2) is 8.64. The van der Waals surface area contributed by atoms with Gasteiger partial charge in [0.25, 0.3) is 0 Å². The number of hydrogen-bond acceptors (Lipinski definition) is 4. The van der Waals surface area contributed by atoms with Gasteiger partial charge >= 0.3 is 5.97 Å². The maximum absolute atomic E-state index is 11.3. The Balaban J connectivity index is 2.37. The van der Waals surface area contributed by atoms with Gasteiger partial charge in [0.2, 0.25) is 0 Å². The number of pyridine rings is 1. The van der Waals surface area contributed by atoms with Gasteiger partial charge in [-0.05, 0) is 66.5 Å². The summed E-state index contributed by atoms with van der Waals surface area (Å²) in [7, 11) is 0. The molecule has 0 aliphatic carbocycles. The Kier molecular flexibility index (Phi) is 7.55. The van der Waals surface area contributed by atoms with Crippen molar-refractivity contribution in [3.8, 4) is 0 Å². The van der Waals surface area contributed by atoms with Gasteiger partial charge in [0.1, 0.15) is 5.54 Å². The molecule has 1 atom stereocenters. The van der Waals surface area contributed by atoms with Gasteiger partial charge in [-0.3, -0.25) is 4.79 Å². The first kappa shape index (κ1) is 17.5. The third-order valence-electron chi connectivity index (χ3n) is 3.01. The number of carboxylic acids is 1. The summed E-state index contributed by atoms with van der Waals surface area (Å²) in [4.78, 5) is 15.6. The molecule has 112 valence electrons. The summed E-state index contributed by atoms with van der Waals surface area (Å²) < 4.78 is 0.962. The number of aromatic nitrogens is 1. The van der Waals surface area contributed by atoms with Gasteiger partial charge in [0, 0.05) is 10.7 Å². The quantitative estimate of drug-likeness (QED) is 0.520. The van der Waals surface area contributed by atoms with E-state index in [0.29, 0.717) is 6.42 Å². The highest BCUT2D eigenvalue weighted by Crippen LogP contribution is 2.21. The monoisotopic (exact) mass is 360 g/mol. The topological polar surface area (TPSA) is 62.2 Å². The molecule has 0 fully saturated rings. The third-order valence-corrected chi connectivity index (χ3v) is 4.51. The fourth-order valence-corrected chi connectivity index (χ4v) is 2.75. The van der Waals surface area contributed by atoms with Gasteiger partial charge in [0.05, 0.1) is 5.03 Å². The molecule has 1 aromatic rings. The number of rotatable bonds is 9. The predicted octanol–water partition coefficient (Wildman–Crippen LogP) is 3.56. The van der Waals surface area contributed by atoms with Crippen LogP contribution in [0.3, 0.4) is 0 Å². The number of nitrogens with zero attached hydrogens (tertiary/aromatic N) is 1. The summed E-state index contributed by atoms with van der Waals surface area (Å²) in [6.45, 7) is 4.52. The van der Waals surface area contributed by atoms with Crippen LogP contribution in [0.1, 0.15) is 33.1 Å². The summed E-state index contributed by atoms with van der Waals surface area (Å²) in [5.74, 6) is 0.0865. The summed E-state index contributed by atoms with van der Waals surface area (Å²) in [6, 6.07) is 3.92. The molecule has 0 aromatic carbocycles. The highest BCUT2D eigenvalue weighted by molar-refractivity contribution is 9.10. The summed E-state index contributed by atoms with van der Waals surface area (Å²) in [6.07, 6.45) is 4.15. The number of hydrogen-bond donors (Lipinski definition) is 2. The van der Waals surface area contributed by atoms with Crippen molar-refractivity contribution < 1.29 is 9.90 Å². The number of halogens is 1. The fourth-order valence-electron chi connectivity index (χ4n) is 1.72. The Hall–Kier alpha value is -0.590. The molecule has 1 unspecified atom stereocenters. The minimum absolute atomic E-state index is 0.617. The van der Waals surface area contributed by atoms with Gasteiger partial charge in [-0.15, -0.1) is 11.8 Å². The molecule has 0 bridgehead atoms. The van der Waals surface area contributed by atoms with Gasteiger partial charge < -0.3 is 10.4 Å². The Labute approximate surface area is 132 Å². The Morgan fingerprint density at radius 1 is 1.55 bits per heavy atom. The summed E-state index contributed by atoms with van der Waals surface area (Å²) in [5.41, 5.74) is -0.830. The van der Waals surface area contributed by atoms with E-state index in [2.05, 4.69) is 26.2 Å². The zero-order chi connectivity index (χ0) is 15.0. The number of carbonyl (C=O) groups is 1. The van der Waals surface area contributed by atoms with Gasteiger partial charge in [0.15, 0.2) is 0 Å². The Bertz CT molecular complexity index is 428. The van der Waals surface area contributed by atoms with E-state index in [4.69, 9.17) is 0 Å². The van der Waals surface area contributed by atoms with E-state index in [-0.39, 0.29) is 0 Å². The van der Waals surface area contributed by atoms with Crippen molar-refractivity contribution in [1.82, 2.24) is 10.3 Å². The molecule has 1 aromatic heterocycles. The molecule has 0 amide bonds. The lowest BCUT2D eigenvalue weighted by atomic mass is 9.96. The zero-order valence-electron chi connectivity index (χ0n) is 11.9. The second-order valence-corrected chi connectivity index (χ2v) is 6.86. The molecule has 6 heteroatoms. The molecular weight excluding hydrogens is 340 g/mol. The molecule has 0 saturated carbocycles. The minimum atomic E-state index is -0.830. The van der Waals surface area contributed by atoms with Crippen molar-refractivity contribution >= 4 is 33.7 Å². The van der Waals surface area contributed by atoms with Gasteiger partial charge in [-0.25, -0.2) is 4.98 Å². The van der Waals surface area contributed by atoms with Crippen LogP contribution in [0.4, 0.5) is 0 Å². The zero-order valence-corrected chi connectivity index (χ0v) is 14.3. The standard InChI is InChI=1S/C14H21BrN2O2S/c1-3-8-17-14(2,13(18)19)7-4-9-20-12-6-5-11(15)10-16-12/h5-6,10,17H,3-4,7-9H2,1-2H3,(H,18,19). The molecule has 0 aliphatic rings. The normalized spacial score (nSPS) is 13.9. The molecule has 20 heavy (non-hydrogen) atoms. The van der Waals surface area contributed by atoms with E-state index >= 15 is 0 Å². The Morgan fingerprint density at radius 3 is 2.85 bits per heavy atom. The molecule has 1 heterocycles. The largest absolute Gasteiger partial charge is 0.480 e. The van der Waals surface area contributed by atoms with Crippen molar-refractivity contribution in [2.45, 2.75) is 43.7 Å². The number of aliphatic carboxylic acids is 1. The molecule has 0 radical (unpaired) electrons. The first-order valence-electron chi connectivity index (χ1n) is 6.70. The third kappa shape index (κ3) is 5.81. The lowest BCUT2D eigenvalue weighted by Crippen LogP contribution is -2.49. The molecule has 0 spiro atoms. The molecule has 1 rings (SSSR count). The number of thioether (sulfide) groups is 1. The second-order valence-electron chi connectivity index (χ2n) is 4.83. The van der Waals surface area contributed by atoms with Crippen LogP contribution in [0, 0.1) is 0 Å². The number of carboxylic acid groups (broad SMARTS) is 1. The van der Waals surface area contributed by atoms with Crippen LogP contribution in [-0.4, -0.2) is 33.9 Å². The van der Waals surface area contributed by atoms with Crippen molar-refractivity contribution in [2.24, 2.45) is 0 Å². The van der Waals surface area contributed by atoms with Crippen molar-refractivity contribution in [2.75, 3.05) is 12.3 Å². The predicted molar refractivity (Wildman–Crippen MR) is 86.2 cm³/mol. The first-order valence-corrected chi connectivity index (χ1v) is 8.48. The van der Waals surface area contributed by atoms with Crippen LogP contribution >= 0.6 is 27.7 Å². The maximum atomic E-state index is 11.3. The molecular formula is C14H21BrN2O2S. The summed E-state index contributed by atoms with van der Waals surface area (Å²) >= 11 is 5.00.